The monoisotopic (exact) mass is 282 g/mol. The summed E-state index contributed by atoms with van der Waals surface area (Å²) in [6, 6.07) is 4.69. The summed E-state index contributed by atoms with van der Waals surface area (Å²) in [6.07, 6.45) is 1.14. The van der Waals surface area contributed by atoms with E-state index in [2.05, 4.69) is 5.32 Å². The lowest BCUT2D eigenvalue weighted by molar-refractivity contribution is -0.129. The Bertz CT molecular complexity index is 515. The van der Waals surface area contributed by atoms with E-state index in [1.807, 2.05) is 0 Å². The van der Waals surface area contributed by atoms with Gasteiger partial charge in [0.25, 0.3) is 5.91 Å². The quantitative estimate of drug-likeness (QED) is 0.651. The van der Waals surface area contributed by atoms with Gasteiger partial charge >= 0.3 is 5.97 Å². The maximum atomic E-state index is 11.8. The number of carbonyl (C=O) groups is 2. The molecule has 1 aliphatic rings. The van der Waals surface area contributed by atoms with E-state index in [9.17, 15) is 9.59 Å². The van der Waals surface area contributed by atoms with Gasteiger partial charge in [0.1, 0.15) is 0 Å². The molecule has 3 N–H and O–H groups in total. The molecule has 1 aromatic rings. The highest BCUT2D eigenvalue weighted by atomic mass is 35.5. The molecular formula is C13H15ClN2O3. The van der Waals surface area contributed by atoms with Crippen molar-refractivity contribution >= 4 is 29.2 Å². The van der Waals surface area contributed by atoms with Crippen molar-refractivity contribution in [1.29, 1.82) is 0 Å². The minimum Gasteiger partial charge on any atom is -0.449 e. The molecule has 0 aromatic heterocycles. The van der Waals surface area contributed by atoms with Gasteiger partial charge in [-0.15, -0.1) is 0 Å². The van der Waals surface area contributed by atoms with Crippen LogP contribution in [-0.4, -0.2) is 24.0 Å². The fourth-order valence-electron chi connectivity index (χ4n) is 1.50. The first-order valence-electron chi connectivity index (χ1n) is 6.03. The molecular weight excluding hydrogens is 268 g/mol. The van der Waals surface area contributed by atoms with Crippen molar-refractivity contribution in [3.63, 3.8) is 0 Å². The molecule has 0 spiro atoms. The van der Waals surface area contributed by atoms with E-state index in [4.69, 9.17) is 22.1 Å². The lowest BCUT2D eigenvalue weighted by atomic mass is 10.2. The Hall–Kier alpha value is -1.75. The van der Waals surface area contributed by atoms with E-state index < -0.39 is 12.1 Å². The summed E-state index contributed by atoms with van der Waals surface area (Å²) in [5.74, 6) is -0.875. The number of ether oxygens (including phenoxy) is 1. The Labute approximate surface area is 116 Å². The van der Waals surface area contributed by atoms with Crippen molar-refractivity contribution in [2.75, 3.05) is 5.73 Å². The van der Waals surface area contributed by atoms with Crippen molar-refractivity contribution in [3.8, 4) is 0 Å². The molecule has 0 heterocycles. The molecule has 0 unspecified atom stereocenters. The summed E-state index contributed by atoms with van der Waals surface area (Å²) in [7, 11) is 0. The summed E-state index contributed by atoms with van der Waals surface area (Å²) in [5, 5.41) is 3.14. The van der Waals surface area contributed by atoms with Gasteiger partial charge in [-0.2, -0.15) is 0 Å². The molecule has 1 atom stereocenters. The first-order chi connectivity index (χ1) is 8.97. The van der Waals surface area contributed by atoms with Crippen LogP contribution in [0.5, 0.6) is 0 Å². The highest BCUT2D eigenvalue weighted by molar-refractivity contribution is 6.33. The first-order valence-corrected chi connectivity index (χ1v) is 6.41. The highest BCUT2D eigenvalue weighted by Gasteiger charge is 2.27. The third kappa shape index (κ3) is 3.61. The van der Waals surface area contributed by atoms with Crippen LogP contribution in [0.1, 0.15) is 30.1 Å². The fourth-order valence-corrected chi connectivity index (χ4v) is 1.62. The van der Waals surface area contributed by atoms with E-state index in [0.29, 0.717) is 10.7 Å². The van der Waals surface area contributed by atoms with Crippen LogP contribution in [0.25, 0.3) is 0 Å². The SMILES string of the molecule is C[C@@H](OC(=O)c1ccc(Cl)c(N)c1)C(=O)NC1CC1. The molecule has 2 rings (SSSR count). The number of halogens is 1. The van der Waals surface area contributed by atoms with Crippen LogP contribution >= 0.6 is 11.6 Å². The fraction of sp³-hybridized carbons (Fsp3) is 0.385. The number of hydrogen-bond donors (Lipinski definition) is 2. The Morgan fingerprint density at radius 1 is 1.47 bits per heavy atom. The zero-order chi connectivity index (χ0) is 14.0. The number of hydrogen-bond acceptors (Lipinski definition) is 4. The van der Waals surface area contributed by atoms with Crippen molar-refractivity contribution in [2.45, 2.75) is 31.9 Å². The third-order valence-corrected chi connectivity index (χ3v) is 3.15. The minimum absolute atomic E-state index is 0.236. The zero-order valence-electron chi connectivity index (χ0n) is 10.5. The van der Waals surface area contributed by atoms with Gasteiger partial charge in [-0.25, -0.2) is 4.79 Å². The number of esters is 1. The van der Waals surface area contributed by atoms with Gasteiger partial charge in [0.15, 0.2) is 6.10 Å². The van der Waals surface area contributed by atoms with E-state index >= 15 is 0 Å². The molecule has 0 aliphatic heterocycles. The van der Waals surface area contributed by atoms with E-state index in [0.717, 1.165) is 12.8 Å². The number of nitrogens with two attached hydrogens (primary N) is 1. The normalized spacial score (nSPS) is 15.7. The Balaban J connectivity index is 1.95. The van der Waals surface area contributed by atoms with E-state index in [1.54, 1.807) is 0 Å². The van der Waals surface area contributed by atoms with Crippen LogP contribution in [-0.2, 0) is 9.53 Å². The summed E-state index contributed by atoms with van der Waals surface area (Å²) >= 11 is 5.76. The first kappa shape index (κ1) is 13.7. The number of benzene rings is 1. The molecule has 102 valence electrons. The van der Waals surface area contributed by atoms with Crippen molar-refractivity contribution < 1.29 is 14.3 Å². The predicted molar refractivity (Wildman–Crippen MR) is 71.9 cm³/mol. The van der Waals surface area contributed by atoms with Crippen molar-refractivity contribution in [2.24, 2.45) is 0 Å². The second-order valence-corrected chi connectivity index (χ2v) is 4.97. The standard InChI is InChI=1S/C13H15ClN2O3/c1-7(12(17)16-9-3-4-9)19-13(18)8-2-5-10(14)11(15)6-8/h2,5-7,9H,3-4,15H2,1H3,(H,16,17)/t7-/m1/s1. The molecule has 1 amide bonds. The number of rotatable bonds is 4. The van der Waals surface area contributed by atoms with Crippen LogP contribution in [0.4, 0.5) is 5.69 Å². The molecule has 1 fully saturated rings. The molecule has 0 saturated heterocycles. The average Bonchev–Trinajstić information content (AvgIpc) is 3.16. The van der Waals surface area contributed by atoms with Crippen molar-refractivity contribution in [1.82, 2.24) is 5.32 Å². The molecule has 1 aliphatic carbocycles. The predicted octanol–water partition coefficient (Wildman–Crippen LogP) is 1.75. The number of nitrogens with one attached hydrogen (secondary N) is 1. The van der Waals surface area contributed by atoms with Gasteiger partial charge in [-0.1, -0.05) is 11.6 Å². The lowest BCUT2D eigenvalue weighted by Gasteiger charge is -2.13. The minimum atomic E-state index is -0.829. The summed E-state index contributed by atoms with van der Waals surface area (Å²) in [6.45, 7) is 1.54. The number of nitrogen functional groups attached to an aromatic ring is 1. The zero-order valence-corrected chi connectivity index (χ0v) is 11.2. The Morgan fingerprint density at radius 2 is 2.16 bits per heavy atom. The maximum absolute atomic E-state index is 11.8. The van der Waals surface area contributed by atoms with E-state index in [-0.39, 0.29) is 17.5 Å². The van der Waals surface area contributed by atoms with Crippen LogP contribution in [0, 0.1) is 0 Å². The summed E-state index contributed by atoms with van der Waals surface area (Å²) in [4.78, 5) is 23.5. The summed E-state index contributed by atoms with van der Waals surface area (Å²) < 4.78 is 5.07. The van der Waals surface area contributed by atoms with Gasteiger partial charge < -0.3 is 15.8 Å². The Kier molecular flexibility index (Phi) is 3.95. The van der Waals surface area contributed by atoms with Crippen LogP contribution in [0.3, 0.4) is 0 Å². The molecule has 6 heteroatoms. The van der Waals surface area contributed by atoms with E-state index in [1.165, 1.54) is 25.1 Å². The average molecular weight is 283 g/mol. The van der Waals surface area contributed by atoms with Crippen LogP contribution in [0.2, 0.25) is 5.02 Å². The van der Waals surface area contributed by atoms with Gasteiger partial charge in [-0.05, 0) is 38.0 Å². The van der Waals surface area contributed by atoms with Crippen molar-refractivity contribution in [3.05, 3.63) is 28.8 Å². The molecule has 0 radical (unpaired) electrons. The second kappa shape index (κ2) is 5.48. The van der Waals surface area contributed by atoms with Crippen LogP contribution in [0.15, 0.2) is 18.2 Å². The van der Waals surface area contributed by atoms with Gasteiger partial charge in [0.05, 0.1) is 16.3 Å². The highest BCUT2D eigenvalue weighted by Crippen LogP contribution is 2.21. The molecule has 5 nitrogen and oxygen atoms in total. The second-order valence-electron chi connectivity index (χ2n) is 4.57. The topological polar surface area (TPSA) is 81.4 Å². The summed E-state index contributed by atoms with van der Waals surface area (Å²) in [5.41, 5.74) is 6.17. The van der Waals surface area contributed by atoms with Crippen LogP contribution < -0.4 is 11.1 Å². The maximum Gasteiger partial charge on any atom is 0.338 e. The molecule has 0 bridgehead atoms. The van der Waals surface area contributed by atoms with Gasteiger partial charge in [0, 0.05) is 6.04 Å². The van der Waals surface area contributed by atoms with Gasteiger partial charge in [0.2, 0.25) is 0 Å². The number of carbonyl (C=O) groups excluding carboxylic acids is 2. The Morgan fingerprint density at radius 3 is 2.74 bits per heavy atom. The smallest absolute Gasteiger partial charge is 0.338 e. The number of anilines is 1. The molecule has 19 heavy (non-hydrogen) atoms. The number of amides is 1. The third-order valence-electron chi connectivity index (χ3n) is 2.81. The molecule has 1 aromatic carbocycles. The largest absolute Gasteiger partial charge is 0.449 e. The van der Waals surface area contributed by atoms with Gasteiger partial charge in [-0.3, -0.25) is 4.79 Å². The molecule has 1 saturated carbocycles. The lowest BCUT2D eigenvalue weighted by Crippen LogP contribution is -2.37.